The minimum Gasteiger partial charge on any atom is -0.379 e. The van der Waals surface area contributed by atoms with Crippen LogP contribution >= 0.6 is 0 Å². The molecule has 284 valence electrons. The van der Waals surface area contributed by atoms with Crippen LogP contribution in [0, 0.1) is 0 Å². The second-order valence-electron chi connectivity index (χ2n) is 13.1. The summed E-state index contributed by atoms with van der Waals surface area (Å²) in [5, 5.41) is 2.18. The summed E-state index contributed by atoms with van der Waals surface area (Å²) in [5.74, 6) is -1.42. The van der Waals surface area contributed by atoms with Crippen molar-refractivity contribution in [3.05, 3.63) is 95.1 Å². The Hall–Kier alpha value is -4.25. The first-order chi connectivity index (χ1) is 25.1. The van der Waals surface area contributed by atoms with Gasteiger partial charge in [-0.05, 0) is 68.8 Å². The molecule has 0 saturated carbocycles. The van der Waals surface area contributed by atoms with Gasteiger partial charge < -0.3 is 10.1 Å². The summed E-state index contributed by atoms with van der Waals surface area (Å²) in [7, 11) is -3.81. The van der Waals surface area contributed by atoms with Crippen molar-refractivity contribution < 1.29 is 44.3 Å². The molecule has 6 rings (SSSR count). The number of hydrogen-bond donors (Lipinski definition) is 2. The van der Waals surface area contributed by atoms with Crippen molar-refractivity contribution in [2.45, 2.75) is 50.7 Å². The van der Waals surface area contributed by atoms with Crippen molar-refractivity contribution in [1.82, 2.24) is 20.1 Å². The number of alkyl halides is 6. The van der Waals surface area contributed by atoms with Crippen LogP contribution in [0.2, 0.25) is 0 Å². The summed E-state index contributed by atoms with van der Waals surface area (Å²) >= 11 is 0. The van der Waals surface area contributed by atoms with E-state index in [1.165, 1.54) is 67.6 Å². The largest absolute Gasteiger partial charge is 0.416 e. The Morgan fingerprint density at radius 3 is 2.26 bits per heavy atom. The van der Waals surface area contributed by atoms with Crippen LogP contribution in [0.4, 0.5) is 32.0 Å². The van der Waals surface area contributed by atoms with E-state index in [1.807, 2.05) is 4.90 Å². The van der Waals surface area contributed by atoms with Gasteiger partial charge in [-0.2, -0.15) is 26.3 Å². The lowest BCUT2D eigenvalue weighted by Crippen LogP contribution is -2.48. The van der Waals surface area contributed by atoms with Gasteiger partial charge in [0.05, 0.1) is 41.3 Å². The van der Waals surface area contributed by atoms with Crippen LogP contribution < -0.4 is 10.0 Å². The van der Waals surface area contributed by atoms with Crippen molar-refractivity contribution >= 4 is 32.5 Å². The number of amides is 1. The lowest BCUT2D eigenvalue weighted by Gasteiger charge is -2.40. The third kappa shape index (κ3) is 9.11. The van der Waals surface area contributed by atoms with E-state index >= 15 is 0 Å². The highest BCUT2D eigenvalue weighted by Crippen LogP contribution is 2.38. The maximum Gasteiger partial charge on any atom is 0.416 e. The number of nitrogens with one attached hydrogen (secondary N) is 2. The number of morpholine rings is 1. The predicted molar refractivity (Wildman–Crippen MR) is 189 cm³/mol. The van der Waals surface area contributed by atoms with Gasteiger partial charge in [-0.3, -0.25) is 19.3 Å². The molecule has 9 nitrogen and oxygen atoms in total. The van der Waals surface area contributed by atoms with E-state index in [9.17, 15) is 39.6 Å². The number of rotatable bonds is 10. The number of aromatic nitrogens is 1. The maximum absolute atomic E-state index is 14.6. The number of piperidine rings is 1. The van der Waals surface area contributed by atoms with Gasteiger partial charge in [-0.15, -0.1) is 0 Å². The second-order valence-corrected chi connectivity index (χ2v) is 15.2. The first-order valence-electron chi connectivity index (χ1n) is 17.2. The maximum atomic E-state index is 14.6. The number of nitrogens with zero attached hydrogens (tertiary/aromatic N) is 3. The molecular formula is C37H39F6N5O4S. The highest BCUT2D eigenvalue weighted by atomic mass is 32.2. The number of likely N-dealkylation sites (tertiary alicyclic amines) is 1. The Kier molecular flexibility index (Phi) is 11.3. The van der Waals surface area contributed by atoms with Crippen LogP contribution in [-0.4, -0.2) is 86.5 Å². The van der Waals surface area contributed by atoms with Crippen molar-refractivity contribution in [2.75, 3.05) is 49.9 Å². The molecule has 3 aromatic carbocycles. The molecule has 0 spiro atoms. The van der Waals surface area contributed by atoms with E-state index < -0.39 is 39.9 Å². The van der Waals surface area contributed by atoms with Gasteiger partial charge >= 0.3 is 12.4 Å². The fourth-order valence-electron chi connectivity index (χ4n) is 6.92. The average Bonchev–Trinajstić information content (AvgIpc) is 3.13. The molecule has 1 amide bonds. The third-order valence-corrected chi connectivity index (χ3v) is 11.0. The summed E-state index contributed by atoms with van der Waals surface area (Å²) in [6.45, 7) is 5.29. The minimum atomic E-state index is -4.92. The standard InChI is InChI=1S/C37H39F6N5O4S/c1-2-53(50,51)46-27-11-12-31-29(22-27)32(35(49)45-34(37(41,42)43)24-7-4-3-5-8-24)30(33(44-31)25-9-6-10-26(21-25)36(38,39)40)23-47-15-13-28(14-16-47)48-17-19-52-20-18-48/h3-12,21-22,28,34,46H,2,13-20,23H2,1H3,(H,45,49). The molecule has 1 unspecified atom stereocenters. The molecule has 2 saturated heterocycles. The van der Waals surface area contributed by atoms with Gasteiger partial charge in [0.15, 0.2) is 6.04 Å². The average molecular weight is 764 g/mol. The first-order valence-corrected chi connectivity index (χ1v) is 18.9. The number of hydrogen-bond acceptors (Lipinski definition) is 7. The molecule has 0 bridgehead atoms. The van der Waals surface area contributed by atoms with Crippen LogP contribution in [0.25, 0.3) is 22.2 Å². The Morgan fingerprint density at radius 1 is 0.925 bits per heavy atom. The Labute approximate surface area is 303 Å². The first kappa shape index (κ1) is 38.5. The van der Waals surface area contributed by atoms with Crippen molar-refractivity contribution in [1.29, 1.82) is 0 Å². The molecule has 3 heterocycles. The number of anilines is 1. The van der Waals surface area contributed by atoms with Crippen molar-refractivity contribution in [2.24, 2.45) is 0 Å². The molecule has 1 aromatic heterocycles. The molecule has 0 aliphatic carbocycles. The smallest absolute Gasteiger partial charge is 0.379 e. The number of halogens is 6. The molecule has 2 aliphatic rings. The van der Waals surface area contributed by atoms with Crippen LogP contribution in [0.1, 0.15) is 52.9 Å². The number of fused-ring (bicyclic) bond motifs is 1. The van der Waals surface area contributed by atoms with Gasteiger partial charge in [-0.1, -0.05) is 42.5 Å². The topological polar surface area (TPSA) is 104 Å². The quantitative estimate of drug-likeness (QED) is 0.168. The van der Waals surface area contributed by atoms with Crippen molar-refractivity contribution in [3.63, 3.8) is 0 Å². The van der Waals surface area contributed by atoms with Crippen LogP contribution in [-0.2, 0) is 27.5 Å². The van der Waals surface area contributed by atoms with Gasteiger partial charge in [0.2, 0.25) is 10.0 Å². The van der Waals surface area contributed by atoms with E-state index in [0.717, 1.165) is 38.1 Å². The van der Waals surface area contributed by atoms with Gasteiger partial charge in [0.1, 0.15) is 0 Å². The summed E-state index contributed by atoms with van der Waals surface area (Å²) in [5.41, 5.74) is -1.22. The lowest BCUT2D eigenvalue weighted by atomic mass is 9.93. The van der Waals surface area contributed by atoms with E-state index in [0.29, 0.717) is 26.3 Å². The van der Waals surface area contributed by atoms with Crippen LogP contribution in [0.15, 0.2) is 72.8 Å². The normalized spacial score (nSPS) is 17.5. The molecule has 2 aliphatic heterocycles. The monoisotopic (exact) mass is 763 g/mol. The minimum absolute atomic E-state index is 0.00536. The fourth-order valence-corrected chi connectivity index (χ4v) is 7.55. The molecule has 2 fully saturated rings. The fraction of sp³-hybridized carbons (Fsp3) is 0.405. The number of ether oxygens (including phenoxy) is 1. The third-order valence-electron chi connectivity index (χ3n) is 9.67. The molecule has 2 N–H and O–H groups in total. The van der Waals surface area contributed by atoms with E-state index in [-0.39, 0.29) is 62.9 Å². The zero-order valence-electron chi connectivity index (χ0n) is 28.8. The number of carbonyl (C=O) groups is 1. The van der Waals surface area contributed by atoms with Gasteiger partial charge in [0.25, 0.3) is 5.91 Å². The molecule has 53 heavy (non-hydrogen) atoms. The van der Waals surface area contributed by atoms with E-state index in [2.05, 4.69) is 14.9 Å². The number of carbonyl (C=O) groups excluding carboxylic acids is 1. The Bertz CT molecular complexity index is 2030. The van der Waals surface area contributed by atoms with Crippen LogP contribution in [0.3, 0.4) is 0 Å². The Morgan fingerprint density at radius 2 is 1.62 bits per heavy atom. The predicted octanol–water partition coefficient (Wildman–Crippen LogP) is 7.01. The summed E-state index contributed by atoms with van der Waals surface area (Å²) in [6, 6.07) is 13.1. The number of benzene rings is 3. The second kappa shape index (κ2) is 15.6. The molecule has 1 atom stereocenters. The molecule has 0 radical (unpaired) electrons. The summed E-state index contributed by atoms with van der Waals surface area (Å²) in [6.07, 6.45) is -8.15. The summed E-state index contributed by atoms with van der Waals surface area (Å²) in [4.78, 5) is 23.6. The van der Waals surface area contributed by atoms with Gasteiger partial charge in [-0.25, -0.2) is 13.4 Å². The number of sulfonamides is 1. The summed E-state index contributed by atoms with van der Waals surface area (Å²) < 4.78 is 119. The van der Waals surface area contributed by atoms with Gasteiger partial charge in [0, 0.05) is 47.9 Å². The number of pyridine rings is 1. The zero-order valence-corrected chi connectivity index (χ0v) is 29.6. The highest BCUT2D eigenvalue weighted by molar-refractivity contribution is 7.92. The SMILES string of the molecule is CCS(=O)(=O)Nc1ccc2nc(-c3cccc(C(F)(F)F)c3)c(CN3CCC(N4CCOCC4)CC3)c(C(=O)NC(c3ccccc3)C(F)(F)F)c2c1. The highest BCUT2D eigenvalue weighted by Gasteiger charge is 2.43. The molecule has 16 heteroatoms. The van der Waals surface area contributed by atoms with E-state index in [4.69, 9.17) is 9.72 Å². The molecular weight excluding hydrogens is 724 g/mol. The Balaban J connectivity index is 1.52. The van der Waals surface area contributed by atoms with Crippen LogP contribution in [0.5, 0.6) is 0 Å². The molecule has 4 aromatic rings. The van der Waals surface area contributed by atoms with E-state index in [1.54, 1.807) is 0 Å². The zero-order chi connectivity index (χ0) is 38.0. The lowest BCUT2D eigenvalue weighted by molar-refractivity contribution is -0.155. The van der Waals surface area contributed by atoms with Crippen molar-refractivity contribution in [3.8, 4) is 11.3 Å².